The topological polar surface area (TPSA) is 58.2 Å². The summed E-state index contributed by atoms with van der Waals surface area (Å²) in [6.45, 7) is 8.01. The average molecular weight is 282 g/mol. The molecule has 0 saturated carbocycles. The third-order valence-corrected chi connectivity index (χ3v) is 6.05. The fourth-order valence-electron chi connectivity index (χ4n) is 1.56. The lowest BCUT2D eigenvalue weighted by atomic mass is 10.0. The summed E-state index contributed by atoms with van der Waals surface area (Å²) >= 11 is 1.74. The van der Waals surface area contributed by atoms with Crippen LogP contribution in [0.4, 0.5) is 0 Å². The molecule has 0 aromatic carbocycles. The summed E-state index contributed by atoms with van der Waals surface area (Å²) in [6, 6.07) is 0. The summed E-state index contributed by atoms with van der Waals surface area (Å²) in [7, 11) is -3.14. The lowest BCUT2D eigenvalue weighted by Crippen LogP contribution is -2.41. The summed E-state index contributed by atoms with van der Waals surface area (Å²) in [5, 5.41) is 3.02. The van der Waals surface area contributed by atoms with E-state index in [0.717, 1.165) is 19.4 Å². The Bertz CT molecular complexity index is 280. The molecule has 6 heteroatoms. The molecule has 104 valence electrons. The van der Waals surface area contributed by atoms with Gasteiger partial charge < -0.3 is 5.32 Å². The van der Waals surface area contributed by atoms with Crippen LogP contribution in [0.25, 0.3) is 0 Å². The summed E-state index contributed by atoms with van der Waals surface area (Å²) < 4.78 is 26.2. The Morgan fingerprint density at radius 1 is 1.18 bits per heavy atom. The Labute approximate surface area is 110 Å². The van der Waals surface area contributed by atoms with E-state index in [9.17, 15) is 8.42 Å². The molecular formula is C11H26N2O2S2. The monoisotopic (exact) mass is 282 g/mol. The second-order valence-corrected chi connectivity index (χ2v) is 7.29. The predicted molar refractivity (Wildman–Crippen MR) is 77.2 cm³/mol. The third kappa shape index (κ3) is 6.64. The quantitative estimate of drug-likeness (QED) is 0.595. The Morgan fingerprint density at radius 3 is 2.18 bits per heavy atom. The Balaban J connectivity index is 4.24. The molecular weight excluding hydrogens is 256 g/mol. The maximum atomic E-state index is 11.7. The minimum absolute atomic E-state index is 0.0330. The van der Waals surface area contributed by atoms with E-state index in [1.165, 1.54) is 0 Å². The third-order valence-electron chi connectivity index (χ3n) is 3.13. The van der Waals surface area contributed by atoms with E-state index in [1.54, 1.807) is 11.8 Å². The normalized spacial score (nSPS) is 12.9. The van der Waals surface area contributed by atoms with Crippen LogP contribution in [0.5, 0.6) is 0 Å². The molecule has 0 fully saturated rings. The van der Waals surface area contributed by atoms with Crippen molar-refractivity contribution in [2.75, 3.05) is 31.6 Å². The van der Waals surface area contributed by atoms with Crippen LogP contribution in [0.15, 0.2) is 0 Å². The first-order valence-corrected chi connectivity index (χ1v) is 9.06. The van der Waals surface area contributed by atoms with Crippen molar-refractivity contribution in [1.29, 1.82) is 0 Å². The van der Waals surface area contributed by atoms with Crippen LogP contribution >= 0.6 is 11.8 Å². The van der Waals surface area contributed by atoms with Gasteiger partial charge in [-0.1, -0.05) is 20.8 Å². The number of hydrogen-bond acceptors (Lipinski definition) is 4. The highest BCUT2D eigenvalue weighted by molar-refractivity contribution is 8.00. The molecule has 17 heavy (non-hydrogen) atoms. The van der Waals surface area contributed by atoms with Crippen LogP contribution in [0.1, 0.15) is 33.6 Å². The Hall–Kier alpha value is 0.220. The highest BCUT2D eigenvalue weighted by atomic mass is 32.2. The minimum Gasteiger partial charge on any atom is -0.316 e. The molecule has 0 amide bonds. The zero-order valence-corrected chi connectivity index (χ0v) is 13.0. The van der Waals surface area contributed by atoms with Crippen molar-refractivity contribution in [3.05, 3.63) is 0 Å². The van der Waals surface area contributed by atoms with E-state index >= 15 is 0 Å². The molecule has 0 spiro atoms. The number of nitrogens with one attached hydrogen (secondary N) is 2. The SMILES string of the molecule is CCNCCS(=O)(=O)NCC(CC)(CC)SC. The maximum absolute atomic E-state index is 11.7. The molecule has 0 unspecified atom stereocenters. The first-order valence-electron chi connectivity index (χ1n) is 6.18. The predicted octanol–water partition coefficient (Wildman–Crippen LogP) is 1.44. The average Bonchev–Trinajstić information content (AvgIpc) is 2.32. The van der Waals surface area contributed by atoms with Crippen molar-refractivity contribution < 1.29 is 8.42 Å². The van der Waals surface area contributed by atoms with Gasteiger partial charge in [-0.3, -0.25) is 0 Å². The van der Waals surface area contributed by atoms with E-state index in [1.807, 2.05) is 13.2 Å². The zero-order chi connectivity index (χ0) is 13.4. The van der Waals surface area contributed by atoms with Crippen molar-refractivity contribution in [2.45, 2.75) is 38.4 Å². The van der Waals surface area contributed by atoms with Crippen LogP contribution in [-0.2, 0) is 10.0 Å². The highest BCUT2D eigenvalue weighted by Crippen LogP contribution is 2.29. The Kier molecular flexibility index (Phi) is 8.45. The molecule has 0 aliphatic carbocycles. The summed E-state index contributed by atoms with van der Waals surface area (Å²) in [5.41, 5.74) is 0. The van der Waals surface area contributed by atoms with Crippen LogP contribution in [0.3, 0.4) is 0 Å². The van der Waals surface area contributed by atoms with Gasteiger partial charge in [0, 0.05) is 17.8 Å². The van der Waals surface area contributed by atoms with Crippen molar-refractivity contribution in [1.82, 2.24) is 10.0 Å². The van der Waals surface area contributed by atoms with Crippen molar-refractivity contribution in [3.8, 4) is 0 Å². The van der Waals surface area contributed by atoms with Crippen LogP contribution < -0.4 is 10.0 Å². The molecule has 0 radical (unpaired) electrons. The molecule has 0 heterocycles. The van der Waals surface area contributed by atoms with Crippen LogP contribution in [0, 0.1) is 0 Å². The van der Waals surface area contributed by atoms with Crippen molar-refractivity contribution >= 4 is 21.8 Å². The zero-order valence-electron chi connectivity index (χ0n) is 11.4. The largest absolute Gasteiger partial charge is 0.316 e. The van der Waals surface area contributed by atoms with Gasteiger partial charge in [0.2, 0.25) is 10.0 Å². The van der Waals surface area contributed by atoms with E-state index < -0.39 is 10.0 Å². The molecule has 0 rings (SSSR count). The van der Waals surface area contributed by atoms with Gasteiger partial charge in [0.05, 0.1) is 5.75 Å². The molecule has 0 atom stereocenters. The number of sulfonamides is 1. The van der Waals surface area contributed by atoms with Gasteiger partial charge in [-0.05, 0) is 25.6 Å². The second kappa shape index (κ2) is 8.34. The minimum atomic E-state index is -3.14. The summed E-state index contributed by atoms with van der Waals surface area (Å²) in [5.74, 6) is 0.152. The standard InChI is InChI=1S/C11H26N2O2S2/c1-5-11(6-2,16-4)10-13-17(14,15)9-8-12-7-3/h12-13H,5-10H2,1-4H3. The lowest BCUT2D eigenvalue weighted by molar-refractivity contribution is 0.521. The van der Waals surface area contributed by atoms with E-state index in [4.69, 9.17) is 0 Å². The van der Waals surface area contributed by atoms with Gasteiger partial charge in [-0.15, -0.1) is 0 Å². The van der Waals surface area contributed by atoms with Gasteiger partial charge in [-0.2, -0.15) is 11.8 Å². The number of rotatable bonds is 10. The summed E-state index contributed by atoms with van der Waals surface area (Å²) in [4.78, 5) is 0. The molecule has 2 N–H and O–H groups in total. The maximum Gasteiger partial charge on any atom is 0.212 e. The van der Waals surface area contributed by atoms with Crippen molar-refractivity contribution in [3.63, 3.8) is 0 Å². The van der Waals surface area contributed by atoms with Gasteiger partial charge in [0.1, 0.15) is 0 Å². The molecule has 0 bridgehead atoms. The first-order chi connectivity index (χ1) is 7.95. The van der Waals surface area contributed by atoms with E-state index in [0.29, 0.717) is 13.1 Å². The van der Waals surface area contributed by atoms with Gasteiger partial charge >= 0.3 is 0 Å². The van der Waals surface area contributed by atoms with Crippen LogP contribution in [0.2, 0.25) is 0 Å². The lowest BCUT2D eigenvalue weighted by Gasteiger charge is -2.29. The smallest absolute Gasteiger partial charge is 0.212 e. The van der Waals surface area contributed by atoms with Gasteiger partial charge in [0.25, 0.3) is 0 Å². The second-order valence-electron chi connectivity index (χ2n) is 4.09. The van der Waals surface area contributed by atoms with E-state index in [2.05, 4.69) is 23.9 Å². The number of thioether (sulfide) groups is 1. The fourth-order valence-corrected chi connectivity index (χ4v) is 3.50. The van der Waals surface area contributed by atoms with Gasteiger partial charge in [0.15, 0.2) is 0 Å². The Morgan fingerprint density at radius 2 is 1.76 bits per heavy atom. The fraction of sp³-hybridized carbons (Fsp3) is 1.00. The molecule has 0 saturated heterocycles. The van der Waals surface area contributed by atoms with Crippen LogP contribution in [-0.4, -0.2) is 44.8 Å². The van der Waals surface area contributed by atoms with E-state index in [-0.39, 0.29) is 10.5 Å². The summed E-state index contributed by atoms with van der Waals surface area (Å²) in [6.07, 6.45) is 3.99. The van der Waals surface area contributed by atoms with Crippen molar-refractivity contribution in [2.24, 2.45) is 0 Å². The molecule has 4 nitrogen and oxygen atoms in total. The molecule has 0 aliphatic rings. The molecule has 0 aromatic heterocycles. The molecule has 0 aromatic rings. The van der Waals surface area contributed by atoms with Gasteiger partial charge in [-0.25, -0.2) is 13.1 Å². The highest BCUT2D eigenvalue weighted by Gasteiger charge is 2.26. The first kappa shape index (κ1) is 17.2. The number of hydrogen-bond donors (Lipinski definition) is 2. The molecule has 0 aliphatic heterocycles.